The molecule has 27 heavy (non-hydrogen) atoms. The topological polar surface area (TPSA) is 113 Å². The van der Waals surface area contributed by atoms with Crippen molar-refractivity contribution in [2.45, 2.75) is 31.8 Å². The third kappa shape index (κ3) is 3.04. The number of rotatable bonds is 4. The van der Waals surface area contributed by atoms with Gasteiger partial charge < -0.3 is 5.73 Å². The molecule has 4 rings (SSSR count). The van der Waals surface area contributed by atoms with Gasteiger partial charge in [0.1, 0.15) is 6.04 Å². The summed E-state index contributed by atoms with van der Waals surface area (Å²) in [5.41, 5.74) is 7.25. The Labute approximate surface area is 156 Å². The summed E-state index contributed by atoms with van der Waals surface area (Å²) in [6, 6.07) is 4.31. The van der Waals surface area contributed by atoms with Gasteiger partial charge in [-0.3, -0.25) is 34.3 Å². The first-order valence-corrected chi connectivity index (χ1v) is 9.25. The highest BCUT2D eigenvalue weighted by molar-refractivity contribution is 6.24. The second-order valence-electron chi connectivity index (χ2n) is 7.41. The molecule has 3 aliphatic heterocycles. The number of benzene rings is 1. The molecule has 1 aromatic rings. The second kappa shape index (κ2) is 6.86. The summed E-state index contributed by atoms with van der Waals surface area (Å²) < 4.78 is 0. The number of carbonyl (C=O) groups is 4. The Bertz CT molecular complexity index is 837. The molecule has 3 N–H and O–H groups in total. The quantitative estimate of drug-likeness (QED) is 0.714. The second-order valence-corrected chi connectivity index (χ2v) is 7.41. The Morgan fingerprint density at radius 2 is 1.93 bits per heavy atom. The monoisotopic (exact) mass is 370 g/mol. The first-order valence-electron chi connectivity index (χ1n) is 9.25. The highest BCUT2D eigenvalue weighted by Gasteiger charge is 2.45. The maximum atomic E-state index is 13.1. The minimum absolute atomic E-state index is 0.116. The SMILES string of the molecule is NC[C@@H]1CCN(Cc2cccc3c2C(=O)N(C2CCC(=O)NC2=O)C3=O)C1. The van der Waals surface area contributed by atoms with Gasteiger partial charge in [-0.2, -0.15) is 0 Å². The maximum absolute atomic E-state index is 13.1. The van der Waals surface area contributed by atoms with Gasteiger partial charge in [0.25, 0.3) is 11.8 Å². The van der Waals surface area contributed by atoms with E-state index in [1.165, 1.54) is 0 Å². The van der Waals surface area contributed by atoms with Crippen LogP contribution < -0.4 is 11.1 Å². The zero-order valence-electron chi connectivity index (χ0n) is 14.9. The van der Waals surface area contributed by atoms with E-state index in [0.29, 0.717) is 30.1 Å². The molecule has 8 nitrogen and oxygen atoms in total. The molecule has 0 saturated carbocycles. The predicted octanol–water partition coefficient (Wildman–Crippen LogP) is -0.132. The van der Waals surface area contributed by atoms with Crippen LogP contribution in [0.2, 0.25) is 0 Å². The summed E-state index contributed by atoms with van der Waals surface area (Å²) in [6.45, 7) is 3.00. The molecule has 0 aliphatic carbocycles. The summed E-state index contributed by atoms with van der Waals surface area (Å²) in [4.78, 5) is 52.7. The average molecular weight is 370 g/mol. The Morgan fingerprint density at radius 3 is 2.63 bits per heavy atom. The van der Waals surface area contributed by atoms with E-state index in [9.17, 15) is 19.2 Å². The lowest BCUT2D eigenvalue weighted by atomic mass is 10.0. The van der Waals surface area contributed by atoms with E-state index in [-0.39, 0.29) is 18.7 Å². The van der Waals surface area contributed by atoms with Crippen molar-refractivity contribution in [2.75, 3.05) is 19.6 Å². The molecule has 2 saturated heterocycles. The summed E-state index contributed by atoms with van der Waals surface area (Å²) in [7, 11) is 0. The zero-order valence-corrected chi connectivity index (χ0v) is 14.9. The molecule has 1 unspecified atom stereocenters. The van der Waals surface area contributed by atoms with Crippen LogP contribution in [0.3, 0.4) is 0 Å². The van der Waals surface area contributed by atoms with E-state index in [1.807, 2.05) is 6.07 Å². The first kappa shape index (κ1) is 17.8. The first-order chi connectivity index (χ1) is 13.0. The van der Waals surface area contributed by atoms with Crippen molar-refractivity contribution < 1.29 is 19.2 Å². The van der Waals surface area contributed by atoms with Crippen LogP contribution in [-0.4, -0.2) is 59.1 Å². The minimum Gasteiger partial charge on any atom is -0.330 e. The van der Waals surface area contributed by atoms with Crippen molar-refractivity contribution in [3.63, 3.8) is 0 Å². The number of nitrogens with zero attached hydrogens (tertiary/aromatic N) is 2. The van der Waals surface area contributed by atoms with E-state index in [0.717, 1.165) is 30.0 Å². The largest absolute Gasteiger partial charge is 0.330 e. The molecule has 1 aromatic carbocycles. The van der Waals surface area contributed by atoms with Gasteiger partial charge in [0.2, 0.25) is 11.8 Å². The normalized spacial score (nSPS) is 25.9. The van der Waals surface area contributed by atoms with E-state index >= 15 is 0 Å². The maximum Gasteiger partial charge on any atom is 0.262 e. The highest BCUT2D eigenvalue weighted by atomic mass is 16.2. The van der Waals surface area contributed by atoms with Crippen molar-refractivity contribution in [1.29, 1.82) is 0 Å². The summed E-state index contributed by atoms with van der Waals surface area (Å²) >= 11 is 0. The molecule has 0 aromatic heterocycles. The van der Waals surface area contributed by atoms with Crippen LogP contribution >= 0.6 is 0 Å². The number of hydrogen-bond acceptors (Lipinski definition) is 6. The van der Waals surface area contributed by atoms with Gasteiger partial charge in [-0.25, -0.2) is 0 Å². The van der Waals surface area contributed by atoms with Gasteiger partial charge in [0, 0.05) is 19.5 Å². The molecule has 3 heterocycles. The number of hydrogen-bond donors (Lipinski definition) is 2. The zero-order chi connectivity index (χ0) is 19.1. The van der Waals surface area contributed by atoms with Crippen molar-refractivity contribution in [3.8, 4) is 0 Å². The number of nitrogens with two attached hydrogens (primary N) is 1. The average Bonchev–Trinajstić information content (AvgIpc) is 3.20. The standard InChI is InChI=1S/C19H22N4O4/c20-8-11-6-7-22(9-11)10-12-2-1-3-13-16(12)19(27)23(18(13)26)14-4-5-15(24)21-17(14)25/h1-3,11,14H,4-10,20H2,(H,21,24,25)/t11-,14?/m0/s1. The predicted molar refractivity (Wildman–Crippen MR) is 95.6 cm³/mol. The Hall–Kier alpha value is -2.58. The lowest BCUT2D eigenvalue weighted by Crippen LogP contribution is -2.54. The van der Waals surface area contributed by atoms with Gasteiger partial charge in [-0.05, 0) is 43.5 Å². The third-order valence-electron chi connectivity index (χ3n) is 5.65. The van der Waals surface area contributed by atoms with Crippen LogP contribution in [0.4, 0.5) is 0 Å². The number of nitrogens with one attached hydrogen (secondary N) is 1. The number of imide groups is 2. The molecular formula is C19H22N4O4. The molecule has 8 heteroatoms. The Balaban J connectivity index is 1.60. The number of fused-ring (bicyclic) bond motifs is 1. The molecule has 0 spiro atoms. The minimum atomic E-state index is -0.934. The molecule has 0 bridgehead atoms. The van der Waals surface area contributed by atoms with Crippen LogP contribution in [0, 0.1) is 5.92 Å². The lowest BCUT2D eigenvalue weighted by Gasteiger charge is -2.28. The number of piperidine rings is 1. The molecule has 2 atom stereocenters. The van der Waals surface area contributed by atoms with Crippen molar-refractivity contribution in [1.82, 2.24) is 15.1 Å². The van der Waals surface area contributed by atoms with Crippen molar-refractivity contribution in [3.05, 3.63) is 34.9 Å². The fraction of sp³-hybridized carbons (Fsp3) is 0.474. The van der Waals surface area contributed by atoms with E-state index in [2.05, 4.69) is 10.2 Å². The van der Waals surface area contributed by atoms with E-state index in [4.69, 9.17) is 5.73 Å². The van der Waals surface area contributed by atoms with Gasteiger partial charge in [0.05, 0.1) is 11.1 Å². The third-order valence-corrected chi connectivity index (χ3v) is 5.65. The van der Waals surface area contributed by atoms with Crippen molar-refractivity contribution in [2.24, 2.45) is 11.7 Å². The molecular weight excluding hydrogens is 348 g/mol. The fourth-order valence-electron chi connectivity index (χ4n) is 4.21. The van der Waals surface area contributed by atoms with Gasteiger partial charge in [-0.15, -0.1) is 0 Å². The van der Waals surface area contributed by atoms with Crippen LogP contribution in [0.15, 0.2) is 18.2 Å². The number of amides is 4. The molecule has 4 amide bonds. The molecule has 0 radical (unpaired) electrons. The van der Waals surface area contributed by atoms with Crippen LogP contribution in [0.1, 0.15) is 45.5 Å². The van der Waals surface area contributed by atoms with E-state index < -0.39 is 23.8 Å². The van der Waals surface area contributed by atoms with Gasteiger partial charge in [-0.1, -0.05) is 12.1 Å². The highest BCUT2D eigenvalue weighted by Crippen LogP contribution is 2.31. The summed E-state index contributed by atoms with van der Waals surface area (Å²) in [6.07, 6.45) is 1.31. The van der Waals surface area contributed by atoms with Gasteiger partial charge >= 0.3 is 0 Å². The van der Waals surface area contributed by atoms with Gasteiger partial charge in [0.15, 0.2) is 0 Å². The van der Waals surface area contributed by atoms with Crippen LogP contribution in [0.5, 0.6) is 0 Å². The molecule has 2 fully saturated rings. The number of carbonyl (C=O) groups excluding carboxylic acids is 4. The lowest BCUT2D eigenvalue weighted by molar-refractivity contribution is -0.136. The van der Waals surface area contributed by atoms with Crippen LogP contribution in [-0.2, 0) is 16.1 Å². The Kier molecular flexibility index (Phi) is 4.53. The van der Waals surface area contributed by atoms with Crippen molar-refractivity contribution >= 4 is 23.6 Å². The Morgan fingerprint density at radius 1 is 1.11 bits per heavy atom. The fourth-order valence-corrected chi connectivity index (χ4v) is 4.21. The summed E-state index contributed by atoms with van der Waals surface area (Å²) in [5.74, 6) is -1.42. The van der Waals surface area contributed by atoms with E-state index in [1.54, 1.807) is 12.1 Å². The smallest absolute Gasteiger partial charge is 0.262 e. The molecule has 3 aliphatic rings. The van der Waals surface area contributed by atoms with Crippen LogP contribution in [0.25, 0.3) is 0 Å². The summed E-state index contributed by atoms with van der Waals surface area (Å²) in [5, 5.41) is 2.21. The molecule has 142 valence electrons. The number of likely N-dealkylation sites (tertiary alicyclic amines) is 1.